The van der Waals surface area contributed by atoms with Crippen molar-refractivity contribution in [2.75, 3.05) is 6.54 Å². The summed E-state index contributed by atoms with van der Waals surface area (Å²) in [5, 5.41) is 3.59. The van der Waals surface area contributed by atoms with Gasteiger partial charge in [0.1, 0.15) is 0 Å². The molecule has 0 radical (unpaired) electrons. The largest absolute Gasteiger partial charge is 0.310 e. The van der Waals surface area contributed by atoms with Gasteiger partial charge >= 0.3 is 0 Å². The zero-order valence-electron chi connectivity index (χ0n) is 11.9. The summed E-state index contributed by atoms with van der Waals surface area (Å²) >= 11 is 0. The normalized spacial score (nSPS) is 12.3. The molecule has 1 unspecified atom stereocenters. The first-order valence-electron chi connectivity index (χ1n) is 7.09. The fraction of sp³-hybridized carbons (Fsp3) is 0.333. The zero-order valence-corrected chi connectivity index (χ0v) is 11.9. The van der Waals surface area contributed by atoms with Gasteiger partial charge in [0, 0.05) is 6.04 Å². The third-order valence-electron chi connectivity index (χ3n) is 3.51. The molecule has 0 amide bonds. The molecule has 2 aromatic rings. The SMILES string of the molecule is Cc1ccc(C(C)NCCCc2ccccc2)cc1. The van der Waals surface area contributed by atoms with Gasteiger partial charge in [0.25, 0.3) is 0 Å². The van der Waals surface area contributed by atoms with Crippen molar-refractivity contribution in [3.05, 3.63) is 71.3 Å². The molecule has 0 heterocycles. The molecule has 0 saturated carbocycles. The number of benzene rings is 2. The van der Waals surface area contributed by atoms with Gasteiger partial charge in [-0.1, -0.05) is 60.2 Å². The molecule has 0 spiro atoms. The van der Waals surface area contributed by atoms with Crippen LogP contribution in [0.4, 0.5) is 0 Å². The van der Waals surface area contributed by atoms with Crippen molar-refractivity contribution >= 4 is 0 Å². The lowest BCUT2D eigenvalue weighted by Crippen LogP contribution is -2.20. The molecule has 0 saturated heterocycles. The minimum atomic E-state index is 0.427. The summed E-state index contributed by atoms with van der Waals surface area (Å²) in [6.45, 7) is 5.42. The van der Waals surface area contributed by atoms with E-state index in [-0.39, 0.29) is 0 Å². The fourth-order valence-electron chi connectivity index (χ4n) is 2.23. The Morgan fingerprint density at radius 1 is 0.947 bits per heavy atom. The fourth-order valence-corrected chi connectivity index (χ4v) is 2.23. The molecule has 0 aromatic heterocycles. The summed E-state index contributed by atoms with van der Waals surface area (Å²) in [4.78, 5) is 0. The van der Waals surface area contributed by atoms with Crippen LogP contribution in [0.1, 0.15) is 36.1 Å². The highest BCUT2D eigenvalue weighted by atomic mass is 14.9. The summed E-state index contributed by atoms with van der Waals surface area (Å²) < 4.78 is 0. The molecule has 0 aliphatic rings. The van der Waals surface area contributed by atoms with E-state index in [9.17, 15) is 0 Å². The van der Waals surface area contributed by atoms with E-state index in [4.69, 9.17) is 0 Å². The van der Waals surface area contributed by atoms with Crippen LogP contribution in [0.3, 0.4) is 0 Å². The zero-order chi connectivity index (χ0) is 13.5. The summed E-state index contributed by atoms with van der Waals surface area (Å²) in [6, 6.07) is 19.9. The number of hydrogen-bond acceptors (Lipinski definition) is 1. The van der Waals surface area contributed by atoms with Gasteiger partial charge in [0.05, 0.1) is 0 Å². The molecule has 0 aliphatic carbocycles. The summed E-state index contributed by atoms with van der Waals surface area (Å²) in [5.74, 6) is 0. The average molecular weight is 253 g/mol. The van der Waals surface area contributed by atoms with Gasteiger partial charge in [-0.2, -0.15) is 0 Å². The molecule has 1 nitrogen and oxygen atoms in total. The molecule has 1 N–H and O–H groups in total. The van der Waals surface area contributed by atoms with Crippen molar-refractivity contribution in [3.8, 4) is 0 Å². The van der Waals surface area contributed by atoms with Crippen LogP contribution in [0.2, 0.25) is 0 Å². The molecule has 0 aliphatic heterocycles. The van der Waals surface area contributed by atoms with Crippen molar-refractivity contribution in [2.45, 2.75) is 32.7 Å². The molecule has 0 bridgehead atoms. The van der Waals surface area contributed by atoms with Crippen molar-refractivity contribution in [2.24, 2.45) is 0 Å². The van der Waals surface area contributed by atoms with Gasteiger partial charge in [-0.15, -0.1) is 0 Å². The second-order valence-electron chi connectivity index (χ2n) is 5.18. The molecule has 0 fully saturated rings. The quantitative estimate of drug-likeness (QED) is 0.758. The molecule has 2 rings (SSSR count). The minimum Gasteiger partial charge on any atom is -0.310 e. The topological polar surface area (TPSA) is 12.0 Å². The van der Waals surface area contributed by atoms with Gasteiger partial charge in [0.2, 0.25) is 0 Å². The first-order chi connectivity index (χ1) is 9.25. The van der Waals surface area contributed by atoms with Crippen molar-refractivity contribution in [1.82, 2.24) is 5.32 Å². The molecular weight excluding hydrogens is 230 g/mol. The predicted octanol–water partition coefficient (Wildman–Crippen LogP) is 4.28. The molecule has 100 valence electrons. The third-order valence-corrected chi connectivity index (χ3v) is 3.51. The van der Waals surface area contributed by atoms with E-state index < -0.39 is 0 Å². The maximum atomic E-state index is 3.59. The van der Waals surface area contributed by atoms with Gasteiger partial charge in [-0.05, 0) is 44.4 Å². The van der Waals surface area contributed by atoms with Gasteiger partial charge < -0.3 is 5.32 Å². The van der Waals surface area contributed by atoms with Crippen LogP contribution in [-0.2, 0) is 6.42 Å². The van der Waals surface area contributed by atoms with Crippen LogP contribution < -0.4 is 5.32 Å². The Hall–Kier alpha value is -1.60. The number of nitrogens with one attached hydrogen (secondary N) is 1. The highest BCUT2D eigenvalue weighted by molar-refractivity contribution is 5.23. The standard InChI is InChI=1S/C18H23N/c1-15-10-12-18(13-11-15)16(2)19-14-6-9-17-7-4-3-5-8-17/h3-5,7-8,10-13,16,19H,6,9,14H2,1-2H3. The van der Waals surface area contributed by atoms with E-state index in [1.165, 1.54) is 23.1 Å². The monoisotopic (exact) mass is 253 g/mol. The average Bonchev–Trinajstić information content (AvgIpc) is 2.45. The maximum Gasteiger partial charge on any atom is 0.0291 e. The highest BCUT2D eigenvalue weighted by Crippen LogP contribution is 2.13. The molecular formula is C18H23N. The van der Waals surface area contributed by atoms with Gasteiger partial charge in [-0.3, -0.25) is 0 Å². The lowest BCUT2D eigenvalue weighted by molar-refractivity contribution is 0.558. The lowest BCUT2D eigenvalue weighted by atomic mass is 10.1. The summed E-state index contributed by atoms with van der Waals surface area (Å²) in [6.07, 6.45) is 2.33. The summed E-state index contributed by atoms with van der Waals surface area (Å²) in [7, 11) is 0. The Kier molecular flexibility index (Phi) is 5.17. The molecule has 2 aromatic carbocycles. The summed E-state index contributed by atoms with van der Waals surface area (Å²) in [5.41, 5.74) is 4.11. The van der Waals surface area contributed by atoms with Gasteiger partial charge in [-0.25, -0.2) is 0 Å². The van der Waals surface area contributed by atoms with Crippen LogP contribution in [0.25, 0.3) is 0 Å². The third kappa shape index (κ3) is 4.53. The van der Waals surface area contributed by atoms with Crippen LogP contribution in [-0.4, -0.2) is 6.54 Å². The van der Waals surface area contributed by atoms with Crippen LogP contribution in [0, 0.1) is 6.92 Å². The number of aryl methyl sites for hydroxylation is 2. The van der Waals surface area contributed by atoms with Crippen molar-refractivity contribution in [1.29, 1.82) is 0 Å². The first kappa shape index (κ1) is 13.8. The smallest absolute Gasteiger partial charge is 0.0291 e. The Balaban J connectivity index is 1.72. The van der Waals surface area contributed by atoms with E-state index in [0.717, 1.165) is 13.0 Å². The minimum absolute atomic E-state index is 0.427. The van der Waals surface area contributed by atoms with Crippen LogP contribution in [0.15, 0.2) is 54.6 Å². The maximum absolute atomic E-state index is 3.59. The number of hydrogen-bond donors (Lipinski definition) is 1. The van der Waals surface area contributed by atoms with E-state index in [1.54, 1.807) is 0 Å². The Bertz CT molecular complexity index is 473. The molecule has 1 heteroatoms. The predicted molar refractivity (Wildman–Crippen MR) is 82.4 cm³/mol. The van der Waals surface area contributed by atoms with Crippen LogP contribution >= 0.6 is 0 Å². The van der Waals surface area contributed by atoms with E-state index in [2.05, 4.69) is 73.8 Å². The van der Waals surface area contributed by atoms with Gasteiger partial charge in [0.15, 0.2) is 0 Å². The van der Waals surface area contributed by atoms with Crippen molar-refractivity contribution < 1.29 is 0 Å². The number of rotatable bonds is 6. The van der Waals surface area contributed by atoms with E-state index in [1.807, 2.05) is 0 Å². The molecule has 19 heavy (non-hydrogen) atoms. The Labute approximate surface area is 116 Å². The van der Waals surface area contributed by atoms with Crippen LogP contribution in [0.5, 0.6) is 0 Å². The van der Waals surface area contributed by atoms with E-state index >= 15 is 0 Å². The Morgan fingerprint density at radius 2 is 1.63 bits per heavy atom. The first-order valence-corrected chi connectivity index (χ1v) is 7.09. The lowest BCUT2D eigenvalue weighted by Gasteiger charge is -2.14. The second kappa shape index (κ2) is 7.10. The van der Waals surface area contributed by atoms with Crippen molar-refractivity contribution in [3.63, 3.8) is 0 Å². The Morgan fingerprint density at radius 3 is 2.32 bits per heavy atom. The molecule has 1 atom stereocenters. The highest BCUT2D eigenvalue weighted by Gasteiger charge is 2.03. The van der Waals surface area contributed by atoms with E-state index in [0.29, 0.717) is 6.04 Å². The second-order valence-corrected chi connectivity index (χ2v) is 5.18.